The van der Waals surface area contributed by atoms with Gasteiger partial charge in [-0.25, -0.2) is 0 Å². The molecule has 4 atom stereocenters. The average molecular weight is 527 g/mol. The predicted octanol–water partition coefficient (Wildman–Crippen LogP) is 1.59. The smallest absolute Gasteiger partial charge is 0.250 e. The normalized spacial score (nSPS) is 25.9. The number of carbonyl (C=O) groups is 4. The second kappa shape index (κ2) is 9.35. The molecule has 1 spiro atoms. The minimum absolute atomic E-state index is 0.00804. The Morgan fingerprint density at radius 2 is 1.86 bits per heavy atom. The van der Waals surface area contributed by atoms with E-state index in [1.807, 2.05) is 6.07 Å². The van der Waals surface area contributed by atoms with Crippen molar-refractivity contribution in [3.63, 3.8) is 0 Å². The zero-order valence-electron chi connectivity index (χ0n) is 20.4. The topological polar surface area (TPSA) is 140 Å². The highest BCUT2D eigenvalue weighted by molar-refractivity contribution is 6.35. The van der Waals surface area contributed by atoms with Gasteiger partial charge in [-0.2, -0.15) is 0 Å². The molecule has 3 aliphatic rings. The van der Waals surface area contributed by atoms with Crippen LogP contribution in [0.3, 0.4) is 0 Å². The maximum atomic E-state index is 13.8. The van der Waals surface area contributed by atoms with Crippen molar-refractivity contribution in [2.75, 3.05) is 26.1 Å². The van der Waals surface area contributed by atoms with E-state index in [1.54, 1.807) is 37.4 Å². The van der Waals surface area contributed by atoms with E-state index in [-0.39, 0.29) is 25.3 Å². The molecule has 4 N–H and O–H groups in total. The second-order valence-corrected chi connectivity index (χ2v) is 9.86. The number of nitrogens with two attached hydrogens (primary N) is 1. The molecule has 2 saturated heterocycles. The van der Waals surface area contributed by atoms with Crippen molar-refractivity contribution in [3.8, 4) is 11.5 Å². The molecular formula is C26H27ClN4O6. The predicted molar refractivity (Wildman–Crippen MR) is 134 cm³/mol. The van der Waals surface area contributed by atoms with Crippen LogP contribution in [0.4, 0.5) is 5.69 Å². The molecule has 2 aromatic carbocycles. The number of primary amides is 1. The fourth-order valence-corrected chi connectivity index (χ4v) is 6.12. The van der Waals surface area contributed by atoms with Crippen LogP contribution in [0.5, 0.6) is 11.5 Å². The Morgan fingerprint density at radius 1 is 1.11 bits per heavy atom. The molecule has 5 rings (SSSR count). The molecule has 0 aromatic heterocycles. The number of hydrogen-bond acceptors (Lipinski definition) is 7. The third kappa shape index (κ3) is 3.82. The highest BCUT2D eigenvalue weighted by Gasteiger charge is 2.70. The first-order chi connectivity index (χ1) is 17.7. The molecule has 0 unspecified atom stereocenters. The van der Waals surface area contributed by atoms with E-state index in [1.165, 1.54) is 12.0 Å². The summed E-state index contributed by atoms with van der Waals surface area (Å²) < 4.78 is 10.6. The van der Waals surface area contributed by atoms with Crippen LogP contribution in [-0.4, -0.2) is 55.3 Å². The number of halogens is 1. The fraction of sp³-hybridized carbons (Fsp3) is 0.385. The summed E-state index contributed by atoms with van der Waals surface area (Å²) in [6, 6.07) is 9.87. The Morgan fingerprint density at radius 3 is 2.57 bits per heavy atom. The lowest BCUT2D eigenvalue weighted by Crippen LogP contribution is -2.53. The standard InChI is InChI=1S/C26H27ClN4O6/c1-36-17-8-6-13(12-18(17)37-2)10-11-31-23(33)20-16(7-9-19(28)32)30-26(21(20)24(31)34)14-4-3-5-15(27)22(14)29-25(26)35/h3-6,8,12,16,20-21,30H,7,9-11H2,1-2H3,(H2,28,32)(H,29,35)/t16-,20+,21-,26-/m0/s1. The summed E-state index contributed by atoms with van der Waals surface area (Å²) in [5, 5.41) is 6.39. The van der Waals surface area contributed by atoms with Gasteiger partial charge in [-0.05, 0) is 36.6 Å². The Bertz CT molecular complexity index is 1320. The van der Waals surface area contributed by atoms with Crippen molar-refractivity contribution in [3.05, 3.63) is 52.5 Å². The zero-order chi connectivity index (χ0) is 26.5. The van der Waals surface area contributed by atoms with Crippen LogP contribution in [0, 0.1) is 11.8 Å². The van der Waals surface area contributed by atoms with E-state index in [0.717, 1.165) is 5.56 Å². The Balaban J connectivity index is 1.48. The van der Waals surface area contributed by atoms with E-state index in [0.29, 0.717) is 34.2 Å². The number of rotatable bonds is 8. The van der Waals surface area contributed by atoms with Gasteiger partial charge in [0.25, 0.3) is 0 Å². The number of methoxy groups -OCH3 is 2. The summed E-state index contributed by atoms with van der Waals surface area (Å²) in [4.78, 5) is 53.8. The minimum atomic E-state index is -1.47. The number of ether oxygens (including phenoxy) is 2. The lowest BCUT2D eigenvalue weighted by Gasteiger charge is -2.29. The monoisotopic (exact) mass is 526 g/mol. The van der Waals surface area contributed by atoms with Gasteiger partial charge < -0.3 is 20.5 Å². The number of imide groups is 1. The summed E-state index contributed by atoms with van der Waals surface area (Å²) in [5.41, 5.74) is 5.69. The number of carbonyl (C=O) groups excluding carboxylic acids is 4. The van der Waals surface area contributed by atoms with Crippen molar-refractivity contribution < 1.29 is 28.7 Å². The third-order valence-electron chi connectivity index (χ3n) is 7.56. The fourth-order valence-electron chi connectivity index (χ4n) is 5.90. The van der Waals surface area contributed by atoms with Crippen LogP contribution >= 0.6 is 11.6 Å². The van der Waals surface area contributed by atoms with Crippen LogP contribution in [-0.2, 0) is 31.1 Å². The number of benzene rings is 2. The lowest BCUT2D eigenvalue weighted by atomic mass is 9.76. The summed E-state index contributed by atoms with van der Waals surface area (Å²) in [5.74, 6) is -2.48. The van der Waals surface area contributed by atoms with E-state index in [2.05, 4.69) is 10.6 Å². The van der Waals surface area contributed by atoms with Gasteiger partial charge in [0.2, 0.25) is 23.6 Å². The number of nitrogens with zero attached hydrogens (tertiary/aromatic N) is 1. The Labute approximate surface area is 218 Å². The molecule has 2 fully saturated rings. The van der Waals surface area contributed by atoms with Crippen molar-refractivity contribution in [1.82, 2.24) is 10.2 Å². The SMILES string of the molecule is COc1ccc(CCN2C(=O)[C@@H]3[C@H](CCC(N)=O)N[C@]4(C(=O)Nc5c(Cl)cccc54)[C@@H]3C2=O)cc1OC. The molecule has 194 valence electrons. The molecule has 0 saturated carbocycles. The van der Waals surface area contributed by atoms with E-state index < -0.39 is 41.1 Å². The van der Waals surface area contributed by atoms with Crippen LogP contribution in [0.2, 0.25) is 5.02 Å². The Hall–Kier alpha value is -3.63. The van der Waals surface area contributed by atoms with Crippen molar-refractivity contribution in [2.24, 2.45) is 17.6 Å². The molecule has 2 aromatic rings. The van der Waals surface area contributed by atoms with Gasteiger partial charge in [-0.3, -0.25) is 29.4 Å². The first kappa shape index (κ1) is 25.0. The number of para-hydroxylation sites is 1. The number of hydrogen-bond donors (Lipinski definition) is 3. The van der Waals surface area contributed by atoms with Crippen LogP contribution in [0.15, 0.2) is 36.4 Å². The molecular weight excluding hydrogens is 500 g/mol. The summed E-state index contributed by atoms with van der Waals surface area (Å²) in [6.07, 6.45) is 0.607. The number of amides is 4. The van der Waals surface area contributed by atoms with Gasteiger partial charge >= 0.3 is 0 Å². The van der Waals surface area contributed by atoms with Crippen LogP contribution in [0.1, 0.15) is 24.0 Å². The van der Waals surface area contributed by atoms with E-state index in [4.69, 9.17) is 26.8 Å². The molecule has 4 amide bonds. The largest absolute Gasteiger partial charge is 0.493 e. The molecule has 37 heavy (non-hydrogen) atoms. The second-order valence-electron chi connectivity index (χ2n) is 9.45. The highest BCUT2D eigenvalue weighted by Crippen LogP contribution is 2.54. The highest BCUT2D eigenvalue weighted by atomic mass is 35.5. The van der Waals surface area contributed by atoms with Gasteiger partial charge in [0.15, 0.2) is 11.5 Å². The van der Waals surface area contributed by atoms with Crippen LogP contribution in [0.25, 0.3) is 0 Å². The first-order valence-electron chi connectivity index (χ1n) is 12.0. The van der Waals surface area contributed by atoms with Crippen molar-refractivity contribution in [1.29, 1.82) is 0 Å². The van der Waals surface area contributed by atoms with E-state index >= 15 is 0 Å². The molecule has 3 aliphatic heterocycles. The van der Waals surface area contributed by atoms with E-state index in [9.17, 15) is 19.2 Å². The molecule has 0 bridgehead atoms. The molecule has 3 heterocycles. The Kier molecular flexibility index (Phi) is 6.33. The molecule has 0 radical (unpaired) electrons. The van der Waals surface area contributed by atoms with Gasteiger partial charge in [0.1, 0.15) is 5.54 Å². The van der Waals surface area contributed by atoms with Crippen LogP contribution < -0.4 is 25.8 Å². The van der Waals surface area contributed by atoms with Gasteiger partial charge in [0.05, 0.1) is 36.8 Å². The van der Waals surface area contributed by atoms with Crippen molar-refractivity contribution in [2.45, 2.75) is 30.8 Å². The summed E-state index contributed by atoms with van der Waals surface area (Å²) >= 11 is 6.35. The van der Waals surface area contributed by atoms with Gasteiger partial charge in [0, 0.05) is 24.6 Å². The maximum Gasteiger partial charge on any atom is 0.250 e. The van der Waals surface area contributed by atoms with Gasteiger partial charge in [-0.15, -0.1) is 0 Å². The number of anilines is 1. The minimum Gasteiger partial charge on any atom is -0.493 e. The molecule has 10 nitrogen and oxygen atoms in total. The maximum absolute atomic E-state index is 13.8. The summed E-state index contributed by atoms with van der Waals surface area (Å²) in [7, 11) is 3.08. The third-order valence-corrected chi connectivity index (χ3v) is 7.88. The first-order valence-corrected chi connectivity index (χ1v) is 12.3. The quantitative estimate of drug-likeness (QED) is 0.444. The average Bonchev–Trinajstić information content (AvgIpc) is 3.46. The number of likely N-dealkylation sites (tertiary alicyclic amines) is 1. The number of nitrogens with one attached hydrogen (secondary N) is 2. The van der Waals surface area contributed by atoms with Gasteiger partial charge in [-0.1, -0.05) is 29.8 Å². The summed E-state index contributed by atoms with van der Waals surface area (Å²) in [6.45, 7) is 0.128. The number of fused-ring (bicyclic) bond motifs is 4. The zero-order valence-corrected chi connectivity index (χ0v) is 21.1. The molecule has 11 heteroatoms. The lowest BCUT2D eigenvalue weighted by molar-refractivity contribution is -0.142. The molecule has 0 aliphatic carbocycles. The van der Waals surface area contributed by atoms with Crippen molar-refractivity contribution >= 4 is 40.9 Å².